The van der Waals surface area contributed by atoms with E-state index in [9.17, 15) is 8.42 Å². The third kappa shape index (κ3) is 3.18. The molecule has 0 unspecified atom stereocenters. The Kier molecular flexibility index (Phi) is 4.11. The molecule has 0 aliphatic rings. The first-order valence-electron chi connectivity index (χ1n) is 5.82. The molecule has 0 aromatic heterocycles. The Hall–Kier alpha value is -1.85. The number of rotatable bonds is 3. The Morgan fingerprint density at radius 1 is 1.10 bits per heavy atom. The van der Waals surface area contributed by atoms with Crippen molar-refractivity contribution in [1.29, 1.82) is 0 Å². The van der Waals surface area contributed by atoms with Crippen LogP contribution in [0.1, 0.15) is 11.1 Å². The molecule has 4 nitrogen and oxygen atoms in total. The zero-order chi connectivity index (χ0) is 14.8. The van der Waals surface area contributed by atoms with E-state index in [0.29, 0.717) is 10.6 Å². The molecule has 0 aliphatic heterocycles. The maximum atomic E-state index is 12.1. The molecule has 2 aromatic rings. The number of benzene rings is 2. The summed E-state index contributed by atoms with van der Waals surface area (Å²) in [5.41, 5.74) is 7.26. The SMILES string of the molecule is Cc1ccccc1/C(N)=N/S(=O)(=O)c1ccc(Cl)cc1. The van der Waals surface area contributed by atoms with Crippen molar-refractivity contribution in [2.24, 2.45) is 10.1 Å². The van der Waals surface area contributed by atoms with E-state index in [1.54, 1.807) is 12.1 Å². The normalized spacial score (nSPS) is 12.4. The first kappa shape index (κ1) is 14.6. The fourth-order valence-electron chi connectivity index (χ4n) is 1.70. The molecular formula is C14H13ClN2O2S. The standard InChI is InChI=1S/C14H13ClN2O2S/c1-10-4-2-3-5-13(10)14(16)17-20(18,19)12-8-6-11(15)7-9-12/h2-9H,1H3,(H2,16,17). The summed E-state index contributed by atoms with van der Waals surface area (Å²) >= 11 is 5.73. The van der Waals surface area contributed by atoms with Gasteiger partial charge in [-0.05, 0) is 36.8 Å². The summed E-state index contributed by atoms with van der Waals surface area (Å²) in [5.74, 6) is -0.0296. The van der Waals surface area contributed by atoms with E-state index >= 15 is 0 Å². The summed E-state index contributed by atoms with van der Waals surface area (Å²) in [4.78, 5) is 0.0541. The first-order chi connectivity index (χ1) is 9.40. The average molecular weight is 309 g/mol. The average Bonchev–Trinajstić information content (AvgIpc) is 2.39. The van der Waals surface area contributed by atoms with Gasteiger partial charge in [-0.1, -0.05) is 35.9 Å². The van der Waals surface area contributed by atoms with Gasteiger partial charge in [0.25, 0.3) is 10.0 Å². The maximum absolute atomic E-state index is 12.1. The Morgan fingerprint density at radius 2 is 1.70 bits per heavy atom. The Morgan fingerprint density at radius 3 is 2.30 bits per heavy atom. The van der Waals surface area contributed by atoms with E-state index in [2.05, 4.69) is 4.40 Å². The van der Waals surface area contributed by atoms with Crippen molar-refractivity contribution < 1.29 is 8.42 Å². The Labute approximate surface area is 123 Å². The fourth-order valence-corrected chi connectivity index (χ4v) is 2.77. The van der Waals surface area contributed by atoms with Crippen LogP contribution in [0, 0.1) is 6.92 Å². The van der Waals surface area contributed by atoms with Crippen LogP contribution in [0.15, 0.2) is 57.8 Å². The lowest BCUT2D eigenvalue weighted by Crippen LogP contribution is -2.17. The van der Waals surface area contributed by atoms with E-state index < -0.39 is 10.0 Å². The Balaban J connectivity index is 2.43. The van der Waals surface area contributed by atoms with Crippen molar-refractivity contribution in [3.8, 4) is 0 Å². The second kappa shape index (κ2) is 5.64. The highest BCUT2D eigenvalue weighted by Gasteiger charge is 2.14. The van der Waals surface area contributed by atoms with Crippen LogP contribution in [0.3, 0.4) is 0 Å². The summed E-state index contributed by atoms with van der Waals surface area (Å²) in [7, 11) is -3.84. The molecule has 0 saturated heterocycles. The van der Waals surface area contributed by atoms with E-state index in [0.717, 1.165) is 5.56 Å². The van der Waals surface area contributed by atoms with Crippen molar-refractivity contribution in [1.82, 2.24) is 0 Å². The van der Waals surface area contributed by atoms with Gasteiger partial charge < -0.3 is 5.73 Å². The van der Waals surface area contributed by atoms with Gasteiger partial charge in [0.15, 0.2) is 0 Å². The Bertz CT molecular complexity index is 753. The smallest absolute Gasteiger partial charge is 0.284 e. The summed E-state index contributed by atoms with van der Waals surface area (Å²) in [5, 5.41) is 0.458. The molecule has 104 valence electrons. The van der Waals surface area contributed by atoms with Crippen molar-refractivity contribution in [3.63, 3.8) is 0 Å². The minimum Gasteiger partial charge on any atom is -0.383 e. The highest BCUT2D eigenvalue weighted by molar-refractivity contribution is 7.90. The second-order valence-electron chi connectivity index (χ2n) is 4.22. The summed E-state index contributed by atoms with van der Waals surface area (Å²) in [6, 6.07) is 13.0. The van der Waals surface area contributed by atoms with E-state index in [1.807, 2.05) is 19.1 Å². The number of nitrogens with zero attached hydrogens (tertiary/aromatic N) is 1. The topological polar surface area (TPSA) is 72.5 Å². The van der Waals surface area contributed by atoms with E-state index in [1.165, 1.54) is 24.3 Å². The minimum absolute atomic E-state index is 0.0296. The van der Waals surface area contributed by atoms with Crippen LogP contribution in [0.25, 0.3) is 0 Å². The number of amidine groups is 1. The number of sulfonamides is 1. The number of hydrogen-bond acceptors (Lipinski definition) is 2. The van der Waals surface area contributed by atoms with Crippen LogP contribution in [0.4, 0.5) is 0 Å². The molecule has 2 N–H and O–H groups in total. The van der Waals surface area contributed by atoms with Gasteiger partial charge in [-0.2, -0.15) is 8.42 Å². The van der Waals surface area contributed by atoms with Gasteiger partial charge >= 0.3 is 0 Å². The van der Waals surface area contributed by atoms with Crippen LogP contribution >= 0.6 is 11.6 Å². The predicted octanol–water partition coefficient (Wildman–Crippen LogP) is 2.74. The molecular weight excluding hydrogens is 296 g/mol. The molecule has 0 radical (unpaired) electrons. The summed E-state index contributed by atoms with van der Waals surface area (Å²) < 4.78 is 27.9. The van der Waals surface area contributed by atoms with Crippen LogP contribution in [-0.4, -0.2) is 14.3 Å². The summed E-state index contributed by atoms with van der Waals surface area (Å²) in [6.45, 7) is 1.84. The van der Waals surface area contributed by atoms with Crippen LogP contribution in [0.2, 0.25) is 5.02 Å². The molecule has 0 amide bonds. The zero-order valence-corrected chi connectivity index (χ0v) is 12.3. The van der Waals surface area contributed by atoms with Gasteiger partial charge in [-0.3, -0.25) is 0 Å². The summed E-state index contributed by atoms with van der Waals surface area (Å²) in [6.07, 6.45) is 0. The zero-order valence-electron chi connectivity index (χ0n) is 10.7. The highest BCUT2D eigenvalue weighted by atomic mass is 35.5. The molecule has 0 bridgehead atoms. The van der Waals surface area contributed by atoms with Crippen LogP contribution in [-0.2, 0) is 10.0 Å². The molecule has 0 fully saturated rings. The van der Waals surface area contributed by atoms with E-state index in [-0.39, 0.29) is 10.7 Å². The number of hydrogen-bond donors (Lipinski definition) is 1. The molecule has 6 heteroatoms. The lowest BCUT2D eigenvalue weighted by molar-refractivity contribution is 0.598. The molecule has 0 heterocycles. The third-order valence-electron chi connectivity index (χ3n) is 2.75. The third-order valence-corrected chi connectivity index (χ3v) is 4.31. The van der Waals surface area contributed by atoms with Gasteiger partial charge in [0.1, 0.15) is 5.84 Å². The molecule has 0 aliphatic carbocycles. The molecule has 2 rings (SSSR count). The molecule has 0 atom stereocenters. The molecule has 20 heavy (non-hydrogen) atoms. The minimum atomic E-state index is -3.84. The van der Waals surface area contributed by atoms with Gasteiger partial charge in [0, 0.05) is 10.6 Å². The molecule has 2 aromatic carbocycles. The van der Waals surface area contributed by atoms with Gasteiger partial charge in [-0.15, -0.1) is 4.40 Å². The predicted molar refractivity (Wildman–Crippen MR) is 80.5 cm³/mol. The van der Waals surface area contributed by atoms with Crippen LogP contribution < -0.4 is 5.73 Å². The lowest BCUT2D eigenvalue weighted by atomic mass is 10.1. The monoisotopic (exact) mass is 308 g/mol. The number of aryl methyl sites for hydroxylation is 1. The van der Waals surface area contributed by atoms with Crippen molar-refractivity contribution >= 4 is 27.5 Å². The fraction of sp³-hybridized carbons (Fsp3) is 0.0714. The highest BCUT2D eigenvalue weighted by Crippen LogP contribution is 2.17. The maximum Gasteiger partial charge on any atom is 0.284 e. The second-order valence-corrected chi connectivity index (χ2v) is 6.26. The number of nitrogens with two attached hydrogens (primary N) is 1. The van der Waals surface area contributed by atoms with Gasteiger partial charge in [0.2, 0.25) is 0 Å². The quantitative estimate of drug-likeness (QED) is 0.700. The lowest BCUT2D eigenvalue weighted by Gasteiger charge is -2.05. The van der Waals surface area contributed by atoms with Crippen molar-refractivity contribution in [2.75, 3.05) is 0 Å². The van der Waals surface area contributed by atoms with E-state index in [4.69, 9.17) is 17.3 Å². The first-order valence-corrected chi connectivity index (χ1v) is 7.64. The van der Waals surface area contributed by atoms with Gasteiger partial charge in [0.05, 0.1) is 4.90 Å². The van der Waals surface area contributed by atoms with Crippen molar-refractivity contribution in [3.05, 3.63) is 64.7 Å². The molecule has 0 saturated carbocycles. The number of halogens is 1. The van der Waals surface area contributed by atoms with Crippen molar-refractivity contribution in [2.45, 2.75) is 11.8 Å². The van der Waals surface area contributed by atoms with Gasteiger partial charge in [-0.25, -0.2) is 0 Å². The molecule has 0 spiro atoms. The largest absolute Gasteiger partial charge is 0.383 e. The van der Waals surface area contributed by atoms with Crippen LogP contribution in [0.5, 0.6) is 0 Å².